The number of benzene rings is 2. The average Bonchev–Trinajstić information content (AvgIpc) is 2.85. The van der Waals surface area contributed by atoms with Crippen molar-refractivity contribution in [2.45, 2.75) is 50.5 Å². The van der Waals surface area contributed by atoms with Crippen molar-refractivity contribution in [3.05, 3.63) is 64.7 Å². The number of morpholine rings is 1. The predicted molar refractivity (Wildman–Crippen MR) is 130 cm³/mol. The summed E-state index contributed by atoms with van der Waals surface area (Å²) >= 11 is 6.23. The monoisotopic (exact) mass is 457 g/mol. The molecule has 0 aromatic heterocycles. The number of aliphatic hydroxyl groups is 1. The third-order valence-corrected chi connectivity index (χ3v) is 7.46. The number of ether oxygens (including phenoxy) is 2. The normalized spacial score (nSPS) is 21.1. The second-order valence-corrected chi connectivity index (χ2v) is 9.57. The second kappa shape index (κ2) is 11.0. The maximum atomic E-state index is 12.7. The zero-order chi connectivity index (χ0) is 22.4. The maximum Gasteiger partial charge on any atom is 0.119 e. The van der Waals surface area contributed by atoms with Gasteiger partial charge in [-0.1, -0.05) is 55.1 Å². The van der Waals surface area contributed by atoms with Crippen molar-refractivity contribution < 1.29 is 14.6 Å². The van der Waals surface area contributed by atoms with Crippen LogP contribution in [-0.4, -0.2) is 49.5 Å². The molecule has 32 heavy (non-hydrogen) atoms. The lowest BCUT2D eigenvalue weighted by atomic mass is 9.65. The van der Waals surface area contributed by atoms with E-state index in [0.717, 1.165) is 67.6 Å². The fourth-order valence-corrected chi connectivity index (χ4v) is 5.61. The first-order valence-corrected chi connectivity index (χ1v) is 12.5. The lowest BCUT2D eigenvalue weighted by molar-refractivity contribution is -0.0758. The Kier molecular flexibility index (Phi) is 8.12. The molecule has 1 aliphatic heterocycles. The Hall–Kier alpha value is -1.59. The molecular weight excluding hydrogens is 422 g/mol. The summed E-state index contributed by atoms with van der Waals surface area (Å²) in [5.41, 5.74) is 1.17. The summed E-state index contributed by atoms with van der Waals surface area (Å²) in [6.45, 7) is 6.71. The zero-order valence-corrected chi connectivity index (χ0v) is 19.9. The highest BCUT2D eigenvalue weighted by Crippen LogP contribution is 2.49. The van der Waals surface area contributed by atoms with Crippen LogP contribution in [0.25, 0.3) is 0 Å². The van der Waals surface area contributed by atoms with Gasteiger partial charge >= 0.3 is 0 Å². The quantitative estimate of drug-likeness (QED) is 0.558. The molecule has 0 amide bonds. The van der Waals surface area contributed by atoms with E-state index in [1.165, 1.54) is 19.3 Å². The van der Waals surface area contributed by atoms with Gasteiger partial charge in [0.2, 0.25) is 0 Å². The summed E-state index contributed by atoms with van der Waals surface area (Å²) in [5.74, 6) is 1.01. The van der Waals surface area contributed by atoms with E-state index in [1.807, 2.05) is 31.2 Å². The molecule has 1 N–H and O–H groups in total. The van der Waals surface area contributed by atoms with Crippen LogP contribution in [0.3, 0.4) is 0 Å². The molecule has 0 unspecified atom stereocenters. The molecule has 1 saturated heterocycles. The van der Waals surface area contributed by atoms with Gasteiger partial charge in [-0.3, -0.25) is 4.90 Å². The first-order chi connectivity index (χ1) is 15.6. The van der Waals surface area contributed by atoms with Crippen LogP contribution in [0, 0.1) is 5.92 Å². The third kappa shape index (κ3) is 5.31. The minimum atomic E-state index is -0.961. The topological polar surface area (TPSA) is 41.9 Å². The van der Waals surface area contributed by atoms with E-state index in [9.17, 15) is 5.11 Å². The van der Waals surface area contributed by atoms with E-state index in [4.69, 9.17) is 21.1 Å². The molecule has 1 saturated carbocycles. The van der Waals surface area contributed by atoms with Crippen LogP contribution >= 0.6 is 11.6 Å². The molecule has 0 bridgehead atoms. The van der Waals surface area contributed by atoms with Gasteiger partial charge in [-0.15, -0.1) is 0 Å². The van der Waals surface area contributed by atoms with Crippen LogP contribution in [0.4, 0.5) is 0 Å². The van der Waals surface area contributed by atoms with E-state index in [1.54, 1.807) is 0 Å². The average molecular weight is 458 g/mol. The van der Waals surface area contributed by atoms with Crippen molar-refractivity contribution in [3.63, 3.8) is 0 Å². The molecule has 2 aromatic carbocycles. The summed E-state index contributed by atoms with van der Waals surface area (Å²) in [6.07, 6.45) is 5.71. The summed E-state index contributed by atoms with van der Waals surface area (Å²) in [7, 11) is 0. The lowest BCUT2D eigenvalue weighted by Crippen LogP contribution is -2.48. The van der Waals surface area contributed by atoms with E-state index in [0.29, 0.717) is 6.61 Å². The van der Waals surface area contributed by atoms with E-state index in [-0.39, 0.29) is 11.8 Å². The van der Waals surface area contributed by atoms with E-state index in [2.05, 4.69) is 29.2 Å². The van der Waals surface area contributed by atoms with Crippen LogP contribution in [0.15, 0.2) is 48.5 Å². The molecule has 5 heteroatoms. The van der Waals surface area contributed by atoms with Gasteiger partial charge < -0.3 is 14.6 Å². The van der Waals surface area contributed by atoms with Crippen molar-refractivity contribution in [3.8, 4) is 5.75 Å². The number of halogens is 1. The predicted octanol–water partition coefficient (Wildman–Crippen LogP) is 5.62. The Morgan fingerprint density at radius 1 is 1.03 bits per heavy atom. The van der Waals surface area contributed by atoms with Crippen molar-refractivity contribution in [1.29, 1.82) is 0 Å². The minimum absolute atomic E-state index is 0.0566. The maximum absolute atomic E-state index is 12.7. The van der Waals surface area contributed by atoms with Crippen LogP contribution < -0.4 is 4.74 Å². The highest BCUT2D eigenvalue weighted by atomic mass is 35.5. The summed E-state index contributed by atoms with van der Waals surface area (Å²) < 4.78 is 11.3. The summed E-state index contributed by atoms with van der Waals surface area (Å²) in [4.78, 5) is 2.44. The number of rotatable bonds is 8. The van der Waals surface area contributed by atoms with Gasteiger partial charge in [0.25, 0.3) is 0 Å². The fourth-order valence-electron chi connectivity index (χ4n) is 5.48. The molecule has 0 radical (unpaired) electrons. The standard InChI is InChI=1S/C27H36ClNO3/c1-2-32-25-14-10-23(11-15-25)27(30,22-6-4-3-5-7-22)26(20-29-16-18-31-19-17-29)21-8-12-24(28)13-9-21/h8-15,22,26,30H,2-7,16-20H2,1H3/t26-,27-/m1/s1. The van der Waals surface area contributed by atoms with Crippen LogP contribution in [0.2, 0.25) is 5.02 Å². The van der Waals surface area contributed by atoms with Crippen molar-refractivity contribution in [2.75, 3.05) is 39.5 Å². The van der Waals surface area contributed by atoms with Crippen LogP contribution in [0.5, 0.6) is 5.75 Å². The Morgan fingerprint density at radius 3 is 2.31 bits per heavy atom. The first-order valence-electron chi connectivity index (χ1n) is 12.1. The van der Waals surface area contributed by atoms with E-state index >= 15 is 0 Å². The van der Waals surface area contributed by atoms with Crippen molar-refractivity contribution in [2.24, 2.45) is 5.92 Å². The molecule has 2 aliphatic rings. The molecule has 4 rings (SSSR count). The van der Waals surface area contributed by atoms with Crippen molar-refractivity contribution in [1.82, 2.24) is 4.90 Å². The van der Waals surface area contributed by atoms with Gasteiger partial charge in [0, 0.05) is 30.6 Å². The molecule has 2 atom stereocenters. The number of nitrogens with zero attached hydrogens (tertiary/aromatic N) is 1. The van der Waals surface area contributed by atoms with Crippen LogP contribution in [0.1, 0.15) is 56.1 Å². The van der Waals surface area contributed by atoms with Gasteiger partial charge in [0.05, 0.1) is 19.8 Å². The molecule has 4 nitrogen and oxygen atoms in total. The third-order valence-electron chi connectivity index (χ3n) is 7.20. The van der Waals surface area contributed by atoms with Gasteiger partial charge in [-0.25, -0.2) is 0 Å². The SMILES string of the molecule is CCOc1ccc([C@](O)(C2CCCCC2)[C@H](CN2CCOCC2)c2ccc(Cl)cc2)cc1. The van der Waals surface area contributed by atoms with E-state index < -0.39 is 5.60 Å². The summed E-state index contributed by atoms with van der Waals surface area (Å²) in [5, 5.41) is 13.4. The molecular formula is C27H36ClNO3. The second-order valence-electron chi connectivity index (χ2n) is 9.13. The highest BCUT2D eigenvalue weighted by molar-refractivity contribution is 6.30. The molecule has 2 fully saturated rings. The zero-order valence-electron chi connectivity index (χ0n) is 19.1. The van der Waals surface area contributed by atoms with Crippen molar-refractivity contribution >= 4 is 11.6 Å². The number of hydrogen-bond donors (Lipinski definition) is 1. The number of hydrogen-bond acceptors (Lipinski definition) is 4. The Balaban J connectivity index is 1.76. The largest absolute Gasteiger partial charge is 0.494 e. The Morgan fingerprint density at radius 2 is 1.69 bits per heavy atom. The van der Waals surface area contributed by atoms with Gasteiger partial charge in [-0.05, 0) is 61.1 Å². The minimum Gasteiger partial charge on any atom is -0.494 e. The lowest BCUT2D eigenvalue weighted by Gasteiger charge is -2.46. The smallest absolute Gasteiger partial charge is 0.119 e. The van der Waals surface area contributed by atoms with Crippen LogP contribution in [-0.2, 0) is 10.3 Å². The molecule has 2 aromatic rings. The Labute approximate surface area is 197 Å². The molecule has 174 valence electrons. The van der Waals surface area contributed by atoms with Gasteiger partial charge in [0.1, 0.15) is 11.4 Å². The molecule has 1 aliphatic carbocycles. The summed E-state index contributed by atoms with van der Waals surface area (Å²) in [6, 6.07) is 16.2. The molecule has 1 heterocycles. The fraction of sp³-hybridized carbons (Fsp3) is 0.556. The highest BCUT2D eigenvalue weighted by Gasteiger charge is 2.46. The molecule has 0 spiro atoms. The van der Waals surface area contributed by atoms with Gasteiger partial charge in [-0.2, -0.15) is 0 Å². The van der Waals surface area contributed by atoms with Gasteiger partial charge in [0.15, 0.2) is 0 Å². The Bertz CT molecular complexity index is 829. The first kappa shape index (κ1) is 23.6.